The molecule has 1 fully saturated rings. The van der Waals surface area contributed by atoms with E-state index in [1.165, 1.54) is 19.1 Å². The molecule has 0 saturated heterocycles. The normalized spacial score (nSPS) is 18.2. The second-order valence-corrected chi connectivity index (χ2v) is 4.54. The second-order valence-electron chi connectivity index (χ2n) is 4.54. The summed E-state index contributed by atoms with van der Waals surface area (Å²) >= 11 is 0. The summed E-state index contributed by atoms with van der Waals surface area (Å²) in [7, 11) is 0. The number of nitrogens with one attached hydrogen (secondary N) is 1. The summed E-state index contributed by atoms with van der Waals surface area (Å²) in [6.45, 7) is 1.95. The zero-order chi connectivity index (χ0) is 12.3. The van der Waals surface area contributed by atoms with E-state index >= 15 is 0 Å². The Bertz CT molecular complexity index is 383. The molecule has 17 heavy (non-hydrogen) atoms. The summed E-state index contributed by atoms with van der Waals surface area (Å²) in [5, 5.41) is 2.96. The van der Waals surface area contributed by atoms with Gasteiger partial charge in [0.15, 0.2) is 5.69 Å². The smallest absolute Gasteiger partial charge is 0.273 e. The third kappa shape index (κ3) is 2.85. The summed E-state index contributed by atoms with van der Waals surface area (Å²) < 4.78 is 5.21. The minimum Gasteiger partial charge on any atom is -0.446 e. The van der Waals surface area contributed by atoms with Crippen LogP contribution < -0.4 is 11.1 Å². The molecule has 1 saturated carbocycles. The first-order chi connectivity index (χ1) is 8.20. The zero-order valence-corrected chi connectivity index (χ0v) is 10.1. The number of nitrogens with zero attached hydrogens (tertiary/aromatic N) is 1. The number of nitrogens with two attached hydrogens (primary N) is 1. The van der Waals surface area contributed by atoms with E-state index < -0.39 is 0 Å². The number of hydrogen-bond donors (Lipinski definition) is 2. The van der Waals surface area contributed by atoms with Gasteiger partial charge in [-0.25, -0.2) is 4.98 Å². The minimum absolute atomic E-state index is 0.157. The molecular formula is C12H19N3O2. The molecule has 0 aliphatic heterocycles. The van der Waals surface area contributed by atoms with Gasteiger partial charge in [-0.2, -0.15) is 0 Å². The highest BCUT2D eigenvalue weighted by atomic mass is 16.3. The fourth-order valence-corrected chi connectivity index (χ4v) is 2.07. The molecule has 1 heterocycles. The molecular weight excluding hydrogens is 218 g/mol. The fraction of sp³-hybridized carbons (Fsp3) is 0.667. The number of hydrogen-bond acceptors (Lipinski definition) is 4. The SMILES string of the molecule is CCC(N)c1nc(C(=O)NC2CCCC2)co1. The van der Waals surface area contributed by atoms with Crippen LogP contribution in [0, 0.1) is 0 Å². The van der Waals surface area contributed by atoms with Crippen molar-refractivity contribution in [2.45, 2.75) is 51.1 Å². The van der Waals surface area contributed by atoms with Crippen LogP contribution >= 0.6 is 0 Å². The molecule has 2 rings (SSSR count). The van der Waals surface area contributed by atoms with Gasteiger partial charge in [-0.3, -0.25) is 4.79 Å². The van der Waals surface area contributed by atoms with Crippen molar-refractivity contribution in [2.75, 3.05) is 0 Å². The lowest BCUT2D eigenvalue weighted by Crippen LogP contribution is -2.32. The maximum atomic E-state index is 11.9. The summed E-state index contributed by atoms with van der Waals surface area (Å²) in [5.41, 5.74) is 6.11. The summed E-state index contributed by atoms with van der Waals surface area (Å²) in [4.78, 5) is 16.0. The van der Waals surface area contributed by atoms with Gasteiger partial charge in [0.1, 0.15) is 6.26 Å². The number of carbonyl (C=O) groups is 1. The van der Waals surface area contributed by atoms with Crippen LogP contribution in [-0.4, -0.2) is 16.9 Å². The van der Waals surface area contributed by atoms with Crippen LogP contribution in [0.2, 0.25) is 0 Å². The summed E-state index contributed by atoms with van der Waals surface area (Å²) in [6, 6.07) is 0.0607. The number of rotatable bonds is 4. The van der Waals surface area contributed by atoms with Crippen LogP contribution in [0.25, 0.3) is 0 Å². The topological polar surface area (TPSA) is 81.1 Å². The second kappa shape index (κ2) is 5.31. The molecule has 1 atom stereocenters. The molecule has 0 bridgehead atoms. The molecule has 1 unspecified atom stereocenters. The van der Waals surface area contributed by atoms with Gasteiger partial charge in [0.05, 0.1) is 6.04 Å². The fourth-order valence-electron chi connectivity index (χ4n) is 2.07. The van der Waals surface area contributed by atoms with E-state index in [0.29, 0.717) is 17.6 Å². The molecule has 94 valence electrons. The van der Waals surface area contributed by atoms with Gasteiger partial charge in [0.25, 0.3) is 5.91 Å². The summed E-state index contributed by atoms with van der Waals surface area (Å²) in [5.74, 6) is 0.277. The molecule has 3 N–H and O–H groups in total. The van der Waals surface area contributed by atoms with Crippen molar-refractivity contribution in [1.29, 1.82) is 0 Å². The highest BCUT2D eigenvalue weighted by Gasteiger charge is 2.21. The van der Waals surface area contributed by atoms with Crippen LogP contribution in [0.15, 0.2) is 10.7 Å². The van der Waals surface area contributed by atoms with Gasteiger partial charge >= 0.3 is 0 Å². The van der Waals surface area contributed by atoms with Crippen LogP contribution in [0.4, 0.5) is 0 Å². The molecule has 0 radical (unpaired) electrons. The molecule has 1 aliphatic rings. The van der Waals surface area contributed by atoms with Crippen LogP contribution in [0.3, 0.4) is 0 Å². The van der Waals surface area contributed by atoms with Gasteiger partial charge in [-0.05, 0) is 19.3 Å². The predicted octanol–water partition coefficient (Wildman–Crippen LogP) is 1.76. The Labute approximate surface area is 101 Å². The number of carbonyl (C=O) groups excluding carboxylic acids is 1. The van der Waals surface area contributed by atoms with Crippen molar-refractivity contribution in [1.82, 2.24) is 10.3 Å². The van der Waals surface area contributed by atoms with Crippen LogP contribution in [0.5, 0.6) is 0 Å². The first-order valence-corrected chi connectivity index (χ1v) is 6.22. The van der Waals surface area contributed by atoms with E-state index in [-0.39, 0.29) is 11.9 Å². The Kier molecular flexibility index (Phi) is 3.78. The molecule has 5 heteroatoms. The molecule has 5 nitrogen and oxygen atoms in total. The lowest BCUT2D eigenvalue weighted by atomic mass is 10.2. The molecule has 1 aromatic rings. The maximum absolute atomic E-state index is 11.9. The van der Waals surface area contributed by atoms with Crippen LogP contribution in [-0.2, 0) is 0 Å². The van der Waals surface area contributed by atoms with Crippen molar-refractivity contribution in [3.63, 3.8) is 0 Å². The van der Waals surface area contributed by atoms with Gasteiger partial charge in [-0.1, -0.05) is 19.8 Å². The minimum atomic E-state index is -0.233. The van der Waals surface area contributed by atoms with E-state index in [9.17, 15) is 4.79 Å². The zero-order valence-electron chi connectivity index (χ0n) is 10.1. The van der Waals surface area contributed by atoms with Crippen molar-refractivity contribution in [3.8, 4) is 0 Å². The first kappa shape index (κ1) is 12.1. The Morgan fingerprint density at radius 2 is 2.35 bits per heavy atom. The highest BCUT2D eigenvalue weighted by molar-refractivity contribution is 5.92. The molecule has 1 amide bonds. The molecule has 1 aliphatic carbocycles. The lowest BCUT2D eigenvalue weighted by Gasteiger charge is -2.09. The van der Waals surface area contributed by atoms with Crippen LogP contribution in [0.1, 0.15) is 61.4 Å². The largest absolute Gasteiger partial charge is 0.446 e. The van der Waals surface area contributed by atoms with E-state index in [1.54, 1.807) is 0 Å². The molecule has 0 spiro atoms. The predicted molar refractivity (Wildman–Crippen MR) is 63.4 cm³/mol. The van der Waals surface area contributed by atoms with Crippen molar-refractivity contribution < 1.29 is 9.21 Å². The number of amides is 1. The Morgan fingerprint density at radius 3 is 3.00 bits per heavy atom. The summed E-state index contributed by atoms with van der Waals surface area (Å²) in [6.07, 6.45) is 6.63. The lowest BCUT2D eigenvalue weighted by molar-refractivity contribution is 0.0933. The Hall–Kier alpha value is -1.36. The monoisotopic (exact) mass is 237 g/mol. The van der Waals surface area contributed by atoms with E-state index in [2.05, 4.69) is 10.3 Å². The van der Waals surface area contributed by atoms with E-state index in [1.807, 2.05) is 6.92 Å². The standard InChI is InChI=1S/C12H19N3O2/c1-2-9(13)12-15-10(7-17-12)11(16)14-8-5-3-4-6-8/h7-9H,2-6,13H2,1H3,(H,14,16). The van der Waals surface area contributed by atoms with E-state index in [4.69, 9.17) is 10.2 Å². The number of aromatic nitrogens is 1. The average molecular weight is 237 g/mol. The first-order valence-electron chi connectivity index (χ1n) is 6.22. The number of oxazole rings is 1. The maximum Gasteiger partial charge on any atom is 0.273 e. The Balaban J connectivity index is 1.96. The quantitative estimate of drug-likeness (QED) is 0.836. The van der Waals surface area contributed by atoms with Gasteiger partial charge < -0.3 is 15.5 Å². The van der Waals surface area contributed by atoms with Crippen molar-refractivity contribution in [3.05, 3.63) is 17.8 Å². The van der Waals surface area contributed by atoms with Gasteiger partial charge in [0, 0.05) is 6.04 Å². The average Bonchev–Trinajstić information content (AvgIpc) is 2.98. The van der Waals surface area contributed by atoms with E-state index in [0.717, 1.165) is 19.3 Å². The molecule has 0 aromatic carbocycles. The third-order valence-electron chi connectivity index (χ3n) is 3.20. The Morgan fingerprint density at radius 1 is 1.65 bits per heavy atom. The third-order valence-corrected chi connectivity index (χ3v) is 3.20. The molecule has 1 aromatic heterocycles. The van der Waals surface area contributed by atoms with Crippen molar-refractivity contribution in [2.24, 2.45) is 5.73 Å². The highest BCUT2D eigenvalue weighted by Crippen LogP contribution is 2.18. The van der Waals surface area contributed by atoms with Crippen molar-refractivity contribution >= 4 is 5.91 Å². The van der Waals surface area contributed by atoms with Gasteiger partial charge in [-0.15, -0.1) is 0 Å². The van der Waals surface area contributed by atoms with Gasteiger partial charge in [0.2, 0.25) is 5.89 Å².